The van der Waals surface area contributed by atoms with Gasteiger partial charge < -0.3 is 10.6 Å². The van der Waals surface area contributed by atoms with Crippen LogP contribution in [-0.4, -0.2) is 30.4 Å². The summed E-state index contributed by atoms with van der Waals surface area (Å²) in [5.41, 5.74) is 5.08. The number of primary amides is 1. The van der Waals surface area contributed by atoms with Crippen molar-refractivity contribution in [2.24, 2.45) is 11.7 Å². The SMILES string of the molecule is CC1CCCN(CCC(N)=O)C1. The lowest BCUT2D eigenvalue weighted by atomic mass is 10.0. The standard InChI is InChI=1S/C9H18N2O/c1-8-3-2-5-11(7-8)6-4-9(10)12/h8H,2-7H2,1H3,(H2,10,12). The second-order valence-corrected chi connectivity index (χ2v) is 3.76. The third kappa shape index (κ3) is 3.22. The van der Waals surface area contributed by atoms with Gasteiger partial charge in [-0.15, -0.1) is 0 Å². The fourth-order valence-corrected chi connectivity index (χ4v) is 1.76. The molecule has 0 saturated carbocycles. The lowest BCUT2D eigenvalue weighted by molar-refractivity contribution is -0.118. The van der Waals surface area contributed by atoms with Gasteiger partial charge in [0.1, 0.15) is 0 Å². The van der Waals surface area contributed by atoms with Crippen molar-refractivity contribution in [3.63, 3.8) is 0 Å². The van der Waals surface area contributed by atoms with Gasteiger partial charge in [-0.1, -0.05) is 6.92 Å². The molecule has 0 aromatic rings. The Morgan fingerprint density at radius 3 is 3.00 bits per heavy atom. The molecule has 1 unspecified atom stereocenters. The first-order chi connectivity index (χ1) is 5.68. The van der Waals surface area contributed by atoms with Gasteiger partial charge in [-0.3, -0.25) is 4.79 Å². The minimum atomic E-state index is -0.187. The number of likely N-dealkylation sites (tertiary alicyclic amines) is 1. The molecule has 0 aliphatic carbocycles. The van der Waals surface area contributed by atoms with E-state index in [4.69, 9.17) is 5.73 Å². The minimum Gasteiger partial charge on any atom is -0.370 e. The third-order valence-corrected chi connectivity index (χ3v) is 2.42. The van der Waals surface area contributed by atoms with E-state index in [1.807, 2.05) is 0 Å². The van der Waals surface area contributed by atoms with Gasteiger partial charge in [0, 0.05) is 19.5 Å². The molecule has 1 saturated heterocycles. The zero-order chi connectivity index (χ0) is 8.97. The Labute approximate surface area is 73.9 Å². The number of nitrogens with two attached hydrogens (primary N) is 1. The van der Waals surface area contributed by atoms with Crippen molar-refractivity contribution >= 4 is 5.91 Å². The Balaban J connectivity index is 2.18. The minimum absolute atomic E-state index is 0.187. The van der Waals surface area contributed by atoms with Gasteiger partial charge >= 0.3 is 0 Å². The van der Waals surface area contributed by atoms with Gasteiger partial charge in [0.05, 0.1) is 0 Å². The van der Waals surface area contributed by atoms with Crippen molar-refractivity contribution < 1.29 is 4.79 Å². The summed E-state index contributed by atoms with van der Waals surface area (Å²) in [5.74, 6) is 0.597. The zero-order valence-corrected chi connectivity index (χ0v) is 7.75. The van der Waals surface area contributed by atoms with E-state index in [0.717, 1.165) is 25.6 Å². The molecule has 3 nitrogen and oxygen atoms in total. The Morgan fingerprint density at radius 2 is 2.42 bits per heavy atom. The maximum atomic E-state index is 10.5. The molecule has 12 heavy (non-hydrogen) atoms. The van der Waals surface area contributed by atoms with Crippen LogP contribution in [0.4, 0.5) is 0 Å². The van der Waals surface area contributed by atoms with Crippen molar-refractivity contribution in [3.05, 3.63) is 0 Å². The van der Waals surface area contributed by atoms with E-state index >= 15 is 0 Å². The van der Waals surface area contributed by atoms with E-state index in [2.05, 4.69) is 11.8 Å². The molecule has 0 spiro atoms. The number of amides is 1. The molecule has 1 aliphatic rings. The normalized spacial score (nSPS) is 25.6. The molecule has 0 radical (unpaired) electrons. The molecule has 0 bridgehead atoms. The summed E-state index contributed by atoms with van der Waals surface area (Å²) in [6.07, 6.45) is 3.10. The monoisotopic (exact) mass is 170 g/mol. The fraction of sp³-hybridized carbons (Fsp3) is 0.889. The highest BCUT2D eigenvalue weighted by Gasteiger charge is 2.15. The molecule has 70 valence electrons. The van der Waals surface area contributed by atoms with Crippen LogP contribution in [0.5, 0.6) is 0 Å². The summed E-state index contributed by atoms with van der Waals surface area (Å²) in [6, 6.07) is 0. The number of carbonyl (C=O) groups is 1. The summed E-state index contributed by atoms with van der Waals surface area (Å²) in [7, 11) is 0. The Morgan fingerprint density at radius 1 is 1.67 bits per heavy atom. The molecule has 3 heteroatoms. The topological polar surface area (TPSA) is 46.3 Å². The number of piperidine rings is 1. The largest absolute Gasteiger partial charge is 0.370 e. The van der Waals surface area contributed by atoms with Gasteiger partial charge in [-0.25, -0.2) is 0 Å². The summed E-state index contributed by atoms with van der Waals surface area (Å²) in [5, 5.41) is 0. The zero-order valence-electron chi connectivity index (χ0n) is 7.75. The summed E-state index contributed by atoms with van der Waals surface area (Å²) in [4.78, 5) is 12.9. The second kappa shape index (κ2) is 4.45. The molecule has 1 fully saturated rings. The highest BCUT2D eigenvalue weighted by atomic mass is 16.1. The van der Waals surface area contributed by atoms with Crippen molar-refractivity contribution in [2.45, 2.75) is 26.2 Å². The highest BCUT2D eigenvalue weighted by Crippen LogP contribution is 2.14. The first kappa shape index (κ1) is 9.52. The van der Waals surface area contributed by atoms with Crippen LogP contribution in [0.1, 0.15) is 26.2 Å². The molecule has 1 aliphatic heterocycles. The summed E-state index contributed by atoms with van der Waals surface area (Å²) >= 11 is 0. The Hall–Kier alpha value is -0.570. The van der Waals surface area contributed by atoms with Crippen molar-refractivity contribution in [3.8, 4) is 0 Å². The Bertz CT molecular complexity index is 159. The Kier molecular flexibility index (Phi) is 3.53. The molecule has 0 aromatic heterocycles. The number of carbonyl (C=O) groups excluding carboxylic acids is 1. The molecule has 0 aromatic carbocycles. The predicted octanol–water partition coefficient (Wildman–Crippen LogP) is 0.594. The summed E-state index contributed by atoms with van der Waals surface area (Å²) in [6.45, 7) is 5.38. The third-order valence-electron chi connectivity index (χ3n) is 2.42. The van der Waals surface area contributed by atoms with Crippen LogP contribution in [0.2, 0.25) is 0 Å². The van der Waals surface area contributed by atoms with Crippen LogP contribution in [-0.2, 0) is 4.79 Å². The lowest BCUT2D eigenvalue weighted by Gasteiger charge is -2.30. The van der Waals surface area contributed by atoms with Gasteiger partial charge in [0.15, 0.2) is 0 Å². The average Bonchev–Trinajstić information content (AvgIpc) is 2.01. The first-order valence-corrected chi connectivity index (χ1v) is 4.69. The van der Waals surface area contributed by atoms with Crippen LogP contribution in [0, 0.1) is 5.92 Å². The molecule has 1 rings (SSSR count). The fourth-order valence-electron chi connectivity index (χ4n) is 1.76. The van der Waals surface area contributed by atoms with Gasteiger partial charge in [-0.05, 0) is 25.3 Å². The van der Waals surface area contributed by atoms with E-state index in [0.29, 0.717) is 6.42 Å². The smallest absolute Gasteiger partial charge is 0.218 e. The number of hydrogen-bond acceptors (Lipinski definition) is 2. The van der Waals surface area contributed by atoms with Crippen LogP contribution in [0.25, 0.3) is 0 Å². The van der Waals surface area contributed by atoms with Crippen molar-refractivity contribution in [1.29, 1.82) is 0 Å². The highest BCUT2D eigenvalue weighted by molar-refractivity contribution is 5.73. The number of hydrogen-bond donors (Lipinski definition) is 1. The first-order valence-electron chi connectivity index (χ1n) is 4.69. The van der Waals surface area contributed by atoms with Gasteiger partial charge in [0.2, 0.25) is 5.91 Å². The van der Waals surface area contributed by atoms with Crippen LogP contribution >= 0.6 is 0 Å². The van der Waals surface area contributed by atoms with E-state index in [9.17, 15) is 4.79 Å². The van der Waals surface area contributed by atoms with E-state index in [1.54, 1.807) is 0 Å². The van der Waals surface area contributed by atoms with E-state index in [1.165, 1.54) is 12.8 Å². The number of nitrogens with zero attached hydrogens (tertiary/aromatic N) is 1. The van der Waals surface area contributed by atoms with Gasteiger partial charge in [-0.2, -0.15) is 0 Å². The van der Waals surface area contributed by atoms with E-state index in [-0.39, 0.29) is 5.91 Å². The molecular formula is C9H18N2O. The van der Waals surface area contributed by atoms with Crippen LogP contribution in [0.3, 0.4) is 0 Å². The van der Waals surface area contributed by atoms with Crippen LogP contribution in [0.15, 0.2) is 0 Å². The summed E-state index contributed by atoms with van der Waals surface area (Å²) < 4.78 is 0. The molecular weight excluding hydrogens is 152 g/mol. The quantitative estimate of drug-likeness (QED) is 0.674. The molecule has 1 heterocycles. The lowest BCUT2D eigenvalue weighted by Crippen LogP contribution is -2.36. The molecule has 2 N–H and O–H groups in total. The number of rotatable bonds is 3. The average molecular weight is 170 g/mol. The molecule has 1 atom stereocenters. The maximum Gasteiger partial charge on any atom is 0.218 e. The van der Waals surface area contributed by atoms with Crippen molar-refractivity contribution in [2.75, 3.05) is 19.6 Å². The predicted molar refractivity (Wildman–Crippen MR) is 48.6 cm³/mol. The second-order valence-electron chi connectivity index (χ2n) is 3.76. The maximum absolute atomic E-state index is 10.5. The van der Waals surface area contributed by atoms with Gasteiger partial charge in [0.25, 0.3) is 0 Å². The van der Waals surface area contributed by atoms with Crippen LogP contribution < -0.4 is 5.73 Å². The molecule has 1 amide bonds. The van der Waals surface area contributed by atoms with Crippen molar-refractivity contribution in [1.82, 2.24) is 4.90 Å². The van der Waals surface area contributed by atoms with E-state index < -0.39 is 0 Å².